The van der Waals surface area contributed by atoms with Gasteiger partial charge in [-0.2, -0.15) is 0 Å². The van der Waals surface area contributed by atoms with Gasteiger partial charge in [-0.1, -0.05) is 6.92 Å². The molecule has 0 radical (unpaired) electrons. The maximum atomic E-state index is 12.0. The van der Waals surface area contributed by atoms with Crippen molar-refractivity contribution < 1.29 is 14.4 Å². The molecular formula is C18H18N4O3. The summed E-state index contributed by atoms with van der Waals surface area (Å²) in [5.41, 5.74) is 6.01. The number of amides is 3. The summed E-state index contributed by atoms with van der Waals surface area (Å²) < 4.78 is 0. The molecule has 1 fully saturated rings. The summed E-state index contributed by atoms with van der Waals surface area (Å²) in [6.45, 7) is 2.04. The molecule has 25 heavy (non-hydrogen) atoms. The number of carbonyl (C=O) groups is 3. The predicted octanol–water partition coefficient (Wildman–Crippen LogP) is 1.75. The third kappa shape index (κ3) is 4.20. The highest BCUT2D eigenvalue weighted by molar-refractivity contribution is 5.99. The topological polar surface area (TPSA) is 100 Å². The van der Waals surface area contributed by atoms with E-state index in [0.717, 1.165) is 6.42 Å². The first-order valence-corrected chi connectivity index (χ1v) is 7.96. The fourth-order valence-corrected chi connectivity index (χ4v) is 2.38. The number of benzene rings is 1. The van der Waals surface area contributed by atoms with Crippen LogP contribution in [0.15, 0.2) is 48.8 Å². The minimum atomic E-state index is -0.455. The molecule has 0 aliphatic heterocycles. The first-order valence-electron chi connectivity index (χ1n) is 7.96. The molecule has 1 saturated carbocycles. The molecule has 1 aliphatic rings. The van der Waals surface area contributed by atoms with E-state index in [2.05, 4.69) is 21.2 Å². The molecule has 0 spiro atoms. The number of nitrogens with one attached hydrogen (secondary N) is 3. The van der Waals surface area contributed by atoms with Gasteiger partial charge < -0.3 is 5.32 Å². The molecule has 1 aliphatic carbocycles. The molecule has 1 heterocycles. The number of hydrazine groups is 1. The van der Waals surface area contributed by atoms with Crippen LogP contribution in [0.2, 0.25) is 0 Å². The Morgan fingerprint density at radius 2 is 1.64 bits per heavy atom. The number of pyridine rings is 1. The van der Waals surface area contributed by atoms with Crippen LogP contribution >= 0.6 is 0 Å². The highest BCUT2D eigenvalue weighted by atomic mass is 16.2. The van der Waals surface area contributed by atoms with Crippen LogP contribution in [0.1, 0.15) is 34.1 Å². The van der Waals surface area contributed by atoms with Gasteiger partial charge in [0.1, 0.15) is 0 Å². The lowest BCUT2D eigenvalue weighted by Crippen LogP contribution is -2.41. The average Bonchev–Trinajstić information content (AvgIpc) is 3.37. The molecule has 3 N–H and O–H groups in total. The zero-order valence-electron chi connectivity index (χ0n) is 13.7. The molecule has 128 valence electrons. The second-order valence-corrected chi connectivity index (χ2v) is 6.04. The first-order chi connectivity index (χ1) is 12.0. The number of carbonyl (C=O) groups excluding carboxylic acids is 3. The summed E-state index contributed by atoms with van der Waals surface area (Å²) >= 11 is 0. The molecular weight excluding hydrogens is 320 g/mol. The number of hydrogen-bond acceptors (Lipinski definition) is 4. The van der Waals surface area contributed by atoms with Crippen LogP contribution in [0.5, 0.6) is 0 Å². The van der Waals surface area contributed by atoms with Gasteiger partial charge in [0.15, 0.2) is 0 Å². The zero-order chi connectivity index (χ0) is 17.8. The number of nitrogens with zero attached hydrogens (tertiary/aromatic N) is 1. The maximum Gasteiger partial charge on any atom is 0.271 e. The van der Waals surface area contributed by atoms with Gasteiger partial charge in [-0.25, -0.2) is 0 Å². The third-order valence-electron chi connectivity index (χ3n) is 4.07. The Kier molecular flexibility index (Phi) is 4.74. The predicted molar refractivity (Wildman–Crippen MR) is 91.5 cm³/mol. The Morgan fingerprint density at radius 3 is 2.20 bits per heavy atom. The quantitative estimate of drug-likeness (QED) is 0.739. The molecule has 7 nitrogen and oxygen atoms in total. The van der Waals surface area contributed by atoms with Crippen LogP contribution in [-0.2, 0) is 4.79 Å². The Hall–Kier alpha value is -3.22. The van der Waals surface area contributed by atoms with E-state index in [1.165, 1.54) is 6.20 Å². The first kappa shape index (κ1) is 16.6. The van der Waals surface area contributed by atoms with E-state index >= 15 is 0 Å². The maximum absolute atomic E-state index is 12.0. The monoisotopic (exact) mass is 338 g/mol. The fourth-order valence-electron chi connectivity index (χ4n) is 2.38. The second kappa shape index (κ2) is 7.12. The van der Waals surface area contributed by atoms with E-state index in [9.17, 15) is 14.4 Å². The standard InChI is InChI=1S/C18H18N4O3/c1-11-9-15(11)18(25)20-14-6-4-12(5-7-14)16(23)21-22-17(24)13-3-2-8-19-10-13/h2-8,10-11,15H,9H2,1H3,(H,20,25)(H,21,23)(H,22,24). The second-order valence-electron chi connectivity index (χ2n) is 6.04. The van der Waals surface area contributed by atoms with Gasteiger partial charge in [-0.3, -0.25) is 30.2 Å². The van der Waals surface area contributed by atoms with E-state index in [0.29, 0.717) is 22.7 Å². The summed E-state index contributed by atoms with van der Waals surface area (Å²) in [6.07, 6.45) is 3.88. The minimum Gasteiger partial charge on any atom is -0.326 e. The SMILES string of the molecule is CC1CC1C(=O)Nc1ccc(C(=O)NNC(=O)c2cccnc2)cc1. The summed E-state index contributed by atoms with van der Waals surface area (Å²) in [7, 11) is 0. The molecule has 3 amide bonds. The van der Waals surface area contributed by atoms with Crippen molar-refractivity contribution in [3.05, 3.63) is 59.9 Å². The van der Waals surface area contributed by atoms with Crippen LogP contribution in [-0.4, -0.2) is 22.7 Å². The molecule has 7 heteroatoms. The number of hydrogen-bond donors (Lipinski definition) is 3. The fraction of sp³-hybridized carbons (Fsp3) is 0.222. The lowest BCUT2D eigenvalue weighted by atomic mass is 10.2. The van der Waals surface area contributed by atoms with Crippen molar-refractivity contribution in [3.63, 3.8) is 0 Å². The Bertz CT molecular complexity index is 790. The summed E-state index contributed by atoms with van der Waals surface area (Å²) in [6, 6.07) is 9.69. The Morgan fingerprint density at radius 1 is 1.00 bits per heavy atom. The molecule has 0 bridgehead atoms. The van der Waals surface area contributed by atoms with Crippen LogP contribution < -0.4 is 16.2 Å². The van der Waals surface area contributed by atoms with Gasteiger partial charge in [-0.05, 0) is 48.7 Å². The van der Waals surface area contributed by atoms with Crippen LogP contribution in [0.25, 0.3) is 0 Å². The van der Waals surface area contributed by atoms with Gasteiger partial charge in [0.05, 0.1) is 5.56 Å². The number of aromatic nitrogens is 1. The minimum absolute atomic E-state index is 0.00781. The van der Waals surface area contributed by atoms with Gasteiger partial charge in [-0.15, -0.1) is 0 Å². The van der Waals surface area contributed by atoms with E-state index < -0.39 is 11.8 Å². The number of rotatable bonds is 4. The molecule has 2 atom stereocenters. The van der Waals surface area contributed by atoms with Crippen molar-refractivity contribution in [1.29, 1.82) is 0 Å². The van der Waals surface area contributed by atoms with Crippen molar-refractivity contribution in [1.82, 2.24) is 15.8 Å². The van der Waals surface area contributed by atoms with E-state index in [4.69, 9.17) is 0 Å². The molecule has 1 aromatic carbocycles. The molecule has 3 rings (SSSR count). The Labute approximate surface area is 144 Å². The zero-order valence-corrected chi connectivity index (χ0v) is 13.7. The molecule has 2 unspecified atom stereocenters. The smallest absolute Gasteiger partial charge is 0.271 e. The van der Waals surface area contributed by atoms with Gasteiger partial charge >= 0.3 is 0 Å². The van der Waals surface area contributed by atoms with E-state index in [-0.39, 0.29) is 11.8 Å². The van der Waals surface area contributed by atoms with Crippen LogP contribution in [0.4, 0.5) is 5.69 Å². The highest BCUT2D eigenvalue weighted by Gasteiger charge is 2.39. The molecule has 1 aromatic heterocycles. The summed E-state index contributed by atoms with van der Waals surface area (Å²) in [5, 5.41) is 2.82. The third-order valence-corrected chi connectivity index (χ3v) is 4.07. The largest absolute Gasteiger partial charge is 0.326 e. The molecule has 2 aromatic rings. The van der Waals surface area contributed by atoms with Crippen LogP contribution in [0, 0.1) is 11.8 Å². The lowest BCUT2D eigenvalue weighted by molar-refractivity contribution is -0.117. The van der Waals surface area contributed by atoms with E-state index in [1.807, 2.05) is 6.92 Å². The normalized spacial score (nSPS) is 18.1. The van der Waals surface area contributed by atoms with Crippen molar-refractivity contribution in [2.45, 2.75) is 13.3 Å². The van der Waals surface area contributed by atoms with Crippen molar-refractivity contribution >= 4 is 23.4 Å². The van der Waals surface area contributed by atoms with Gasteiger partial charge in [0, 0.05) is 29.6 Å². The summed E-state index contributed by atoms with van der Waals surface area (Å²) in [5.74, 6) is -0.373. The lowest BCUT2D eigenvalue weighted by Gasteiger charge is -2.08. The van der Waals surface area contributed by atoms with Crippen molar-refractivity contribution in [3.8, 4) is 0 Å². The summed E-state index contributed by atoms with van der Waals surface area (Å²) in [4.78, 5) is 39.6. The Balaban J connectivity index is 1.52. The van der Waals surface area contributed by atoms with Crippen molar-refractivity contribution in [2.24, 2.45) is 11.8 Å². The van der Waals surface area contributed by atoms with Gasteiger partial charge in [0.25, 0.3) is 11.8 Å². The highest BCUT2D eigenvalue weighted by Crippen LogP contribution is 2.38. The van der Waals surface area contributed by atoms with E-state index in [1.54, 1.807) is 42.6 Å². The number of anilines is 1. The average molecular weight is 338 g/mol. The van der Waals surface area contributed by atoms with Crippen LogP contribution in [0.3, 0.4) is 0 Å². The molecule has 0 saturated heterocycles. The van der Waals surface area contributed by atoms with Gasteiger partial charge in [0.2, 0.25) is 5.91 Å². The van der Waals surface area contributed by atoms with Crippen molar-refractivity contribution in [2.75, 3.05) is 5.32 Å².